The van der Waals surface area contributed by atoms with E-state index in [1.807, 2.05) is 0 Å². The largest absolute Gasteiger partial charge is 0.382 e. The molecule has 1 fully saturated rings. The Morgan fingerprint density at radius 3 is 1.53 bits per heavy atom. The zero-order chi connectivity index (χ0) is 44.0. The molecule has 0 heterocycles. The average molecular weight is 856 g/mol. The Morgan fingerprint density at radius 1 is 0.593 bits per heavy atom. The van der Waals surface area contributed by atoms with E-state index >= 15 is 0 Å². The van der Waals surface area contributed by atoms with Gasteiger partial charge in [0.15, 0.2) is 23.1 Å². The van der Waals surface area contributed by atoms with Crippen LogP contribution in [0.3, 0.4) is 0 Å². The van der Waals surface area contributed by atoms with Crippen LogP contribution in [0.25, 0.3) is 0 Å². The summed E-state index contributed by atoms with van der Waals surface area (Å²) < 4.78 is 79.3. The Hall–Kier alpha value is -3.96. The van der Waals surface area contributed by atoms with Crippen LogP contribution in [0.15, 0.2) is 76.5 Å². The molecular weight excluding hydrogens is 799 g/mol. The highest BCUT2D eigenvalue weighted by Crippen LogP contribution is 2.50. The van der Waals surface area contributed by atoms with E-state index in [1.54, 1.807) is 77.0 Å². The Labute approximate surface area is 348 Å². The van der Waals surface area contributed by atoms with Gasteiger partial charge < -0.3 is 18.9 Å². The molecule has 1 saturated carbocycles. The molecule has 0 aliphatic heterocycles. The van der Waals surface area contributed by atoms with Gasteiger partial charge in [-0.3, -0.25) is 19.2 Å². The van der Waals surface area contributed by atoms with Gasteiger partial charge in [0.25, 0.3) is 20.0 Å². The van der Waals surface area contributed by atoms with Crippen LogP contribution in [0.4, 0.5) is 0 Å². The number of sulfonamides is 2. The van der Waals surface area contributed by atoms with E-state index in [-0.39, 0.29) is 52.8 Å². The van der Waals surface area contributed by atoms with E-state index in [9.17, 15) is 36.0 Å². The highest BCUT2D eigenvalue weighted by molar-refractivity contribution is 8.04. The molecule has 15 heteroatoms. The molecule has 3 aromatic rings. The van der Waals surface area contributed by atoms with Crippen LogP contribution in [0, 0.1) is 17.8 Å². The number of hydrogen-bond acceptors (Lipinski definition) is 12. The number of nitrogens with one attached hydrogen (secondary N) is 1. The van der Waals surface area contributed by atoms with Gasteiger partial charge in [0.2, 0.25) is 0 Å². The standard InChI is InChI=1S/C44H57NO12S2/c1-29-10-20-38(21-11-29)58(50,51)45-59(52,53)39-27-34(31(3)47)26-35(28-39)41(49)43(6,7)44(8,42(4,5)40(48)33-14-12-32(13-15-33)30(2)46)57-25-24-56-37-18-16-36(17-19-37)55-23-22-54-9/h10-15,20-21,26-28,36-37,45H,16-19,22-25H2,1-9H3. The van der Waals surface area contributed by atoms with Crippen LogP contribution >= 0.6 is 0 Å². The fraction of sp³-hybridized carbons (Fsp3) is 0.500. The van der Waals surface area contributed by atoms with Gasteiger partial charge in [-0.1, -0.05) is 42.0 Å². The smallest absolute Gasteiger partial charge is 0.253 e. The average Bonchev–Trinajstić information content (AvgIpc) is 3.18. The Balaban J connectivity index is 1.69. The molecule has 0 spiro atoms. The highest BCUT2D eigenvalue weighted by Gasteiger charge is 2.59. The van der Waals surface area contributed by atoms with E-state index in [4.69, 9.17) is 18.9 Å². The van der Waals surface area contributed by atoms with Crippen molar-refractivity contribution in [3.8, 4) is 0 Å². The van der Waals surface area contributed by atoms with Gasteiger partial charge in [-0.05, 0) is 111 Å². The van der Waals surface area contributed by atoms with Gasteiger partial charge in [0.05, 0.1) is 64.9 Å². The number of rotatable bonds is 21. The van der Waals surface area contributed by atoms with E-state index in [1.165, 1.54) is 44.2 Å². The predicted molar refractivity (Wildman–Crippen MR) is 222 cm³/mol. The summed E-state index contributed by atoms with van der Waals surface area (Å²) in [4.78, 5) is 53.2. The zero-order valence-corrected chi connectivity index (χ0v) is 37.0. The lowest BCUT2D eigenvalue weighted by molar-refractivity contribution is -0.162. The molecule has 0 bridgehead atoms. The second kappa shape index (κ2) is 19.2. The van der Waals surface area contributed by atoms with Crippen LogP contribution in [0.2, 0.25) is 0 Å². The molecule has 1 atom stereocenters. The number of ketones is 4. The van der Waals surface area contributed by atoms with Crippen molar-refractivity contribution >= 4 is 43.2 Å². The van der Waals surface area contributed by atoms with Crippen molar-refractivity contribution < 1.29 is 55.0 Å². The number of hydrogen-bond donors (Lipinski definition) is 1. The summed E-state index contributed by atoms with van der Waals surface area (Å²) in [5, 5.41) is 0. The van der Waals surface area contributed by atoms with Gasteiger partial charge in [-0.25, -0.2) is 16.8 Å². The first kappa shape index (κ1) is 47.7. The molecule has 1 aliphatic rings. The summed E-state index contributed by atoms with van der Waals surface area (Å²) in [6.45, 7) is 13.6. The summed E-state index contributed by atoms with van der Waals surface area (Å²) in [7, 11) is -7.85. The number of Topliss-reactive ketones (excluding diaryl/α,β-unsaturated/α-hetero) is 4. The summed E-state index contributed by atoms with van der Waals surface area (Å²) >= 11 is 0. The third kappa shape index (κ3) is 11.1. The van der Waals surface area contributed by atoms with Gasteiger partial charge in [0, 0.05) is 29.4 Å². The van der Waals surface area contributed by atoms with Crippen molar-refractivity contribution in [2.45, 2.75) is 109 Å². The molecule has 1 unspecified atom stereocenters. The van der Waals surface area contributed by atoms with Crippen LogP contribution in [-0.4, -0.2) is 91.3 Å². The summed E-state index contributed by atoms with van der Waals surface area (Å²) in [6.07, 6.45) is 3.27. The van der Waals surface area contributed by atoms with Crippen LogP contribution in [0.1, 0.15) is 121 Å². The maximum absolute atomic E-state index is 14.9. The normalized spacial score (nSPS) is 17.6. The third-order valence-electron chi connectivity index (χ3n) is 11.6. The molecule has 0 aromatic heterocycles. The molecule has 4 rings (SSSR count). The molecule has 59 heavy (non-hydrogen) atoms. The van der Waals surface area contributed by atoms with Crippen molar-refractivity contribution in [3.05, 3.63) is 94.5 Å². The molecular formula is C44H57NO12S2. The van der Waals surface area contributed by atoms with Gasteiger partial charge in [0.1, 0.15) is 0 Å². The summed E-state index contributed by atoms with van der Waals surface area (Å²) in [5.41, 5.74) is -3.66. The van der Waals surface area contributed by atoms with Crippen LogP contribution in [-0.2, 0) is 39.0 Å². The quantitative estimate of drug-likeness (QED) is 0.0860. The fourth-order valence-electron chi connectivity index (χ4n) is 7.32. The molecule has 3 aromatic carbocycles. The minimum absolute atomic E-state index is 0.0225. The first-order valence-electron chi connectivity index (χ1n) is 19.5. The molecule has 0 saturated heterocycles. The highest BCUT2D eigenvalue weighted by atomic mass is 32.3. The number of benzene rings is 3. The summed E-state index contributed by atoms with van der Waals surface area (Å²) in [5.74, 6) is -1.82. The van der Waals surface area contributed by atoms with Gasteiger partial charge in [-0.15, -0.1) is 4.13 Å². The maximum Gasteiger partial charge on any atom is 0.253 e. The predicted octanol–water partition coefficient (Wildman–Crippen LogP) is 6.95. The second-order valence-corrected chi connectivity index (χ2v) is 19.9. The lowest BCUT2D eigenvalue weighted by Gasteiger charge is -2.52. The number of methoxy groups -OCH3 is 1. The Kier molecular flexibility index (Phi) is 15.5. The van der Waals surface area contributed by atoms with Crippen molar-refractivity contribution in [2.75, 3.05) is 33.5 Å². The monoisotopic (exact) mass is 855 g/mol. The van der Waals surface area contributed by atoms with E-state index < -0.39 is 58.7 Å². The molecule has 1 aliphatic carbocycles. The third-order valence-corrected chi connectivity index (χ3v) is 15.1. The number of carbonyl (C=O) groups is 4. The minimum Gasteiger partial charge on any atom is -0.382 e. The molecule has 13 nitrogen and oxygen atoms in total. The van der Waals surface area contributed by atoms with Crippen molar-refractivity contribution in [1.29, 1.82) is 0 Å². The van der Waals surface area contributed by atoms with Crippen molar-refractivity contribution in [1.82, 2.24) is 4.13 Å². The summed E-state index contributed by atoms with van der Waals surface area (Å²) in [6, 6.07) is 15.0. The number of ether oxygens (including phenoxy) is 4. The van der Waals surface area contributed by atoms with Gasteiger partial charge in [-0.2, -0.15) is 0 Å². The fourth-order valence-corrected chi connectivity index (χ4v) is 10.3. The second-order valence-electron chi connectivity index (χ2n) is 16.3. The van der Waals surface area contributed by atoms with Crippen molar-refractivity contribution in [2.24, 2.45) is 10.8 Å². The van der Waals surface area contributed by atoms with E-state index in [2.05, 4.69) is 0 Å². The molecule has 322 valence electrons. The molecule has 0 radical (unpaired) electrons. The van der Waals surface area contributed by atoms with E-state index in [0.717, 1.165) is 43.4 Å². The first-order chi connectivity index (χ1) is 27.5. The number of aryl methyl sites for hydroxylation is 1. The molecule has 1 N–H and O–H groups in total. The van der Waals surface area contributed by atoms with Crippen molar-refractivity contribution in [3.63, 3.8) is 0 Å². The zero-order valence-electron chi connectivity index (χ0n) is 35.4. The lowest BCUT2D eigenvalue weighted by Crippen LogP contribution is -2.61. The van der Waals surface area contributed by atoms with Crippen LogP contribution in [0.5, 0.6) is 0 Å². The maximum atomic E-state index is 14.9. The topological polar surface area (TPSA) is 186 Å². The number of carbonyl (C=O) groups excluding carboxylic acids is 4. The minimum atomic E-state index is -4.88. The van der Waals surface area contributed by atoms with Crippen LogP contribution < -0.4 is 4.13 Å². The SMILES string of the molecule is COCCOC1CCC(OCCOC(C)(C(C)(C)C(=O)c2ccc(C(C)=O)cc2)C(C)(C)C(=O)c2cc(C(C)=O)cc(S(=O)(=O)NS(=O)(=O)c3ccc(C)cc3)c2)CC1. The van der Waals surface area contributed by atoms with Gasteiger partial charge >= 0.3 is 0 Å². The van der Waals surface area contributed by atoms with E-state index in [0.29, 0.717) is 18.8 Å². The lowest BCUT2D eigenvalue weighted by atomic mass is 9.57. The Bertz CT molecular complexity index is 2220. The first-order valence-corrected chi connectivity index (χ1v) is 22.5. The molecule has 0 amide bonds. The Morgan fingerprint density at radius 2 is 1.03 bits per heavy atom.